The fourth-order valence-electron chi connectivity index (χ4n) is 0.961. The summed E-state index contributed by atoms with van der Waals surface area (Å²) >= 11 is 1.15. The van der Waals surface area contributed by atoms with Crippen molar-refractivity contribution < 1.29 is 14.8 Å². The Hall–Kier alpha value is -1.56. The first-order chi connectivity index (χ1) is 7.56. The van der Waals surface area contributed by atoms with Crippen molar-refractivity contribution in [3.05, 3.63) is 33.9 Å². The van der Waals surface area contributed by atoms with Gasteiger partial charge in [0.2, 0.25) is 0 Å². The monoisotopic (exact) mass is 243 g/mol. The largest absolute Gasteiger partial charge is 0.478 e. The van der Waals surface area contributed by atoms with Crippen LogP contribution in [0.5, 0.6) is 0 Å². The summed E-state index contributed by atoms with van der Waals surface area (Å²) in [6.07, 6.45) is 1.66. The van der Waals surface area contributed by atoms with Crippen LogP contribution in [-0.2, 0) is 0 Å². The van der Waals surface area contributed by atoms with E-state index in [-0.39, 0.29) is 11.3 Å². The van der Waals surface area contributed by atoms with E-state index in [0.29, 0.717) is 4.90 Å². The Bertz CT molecular complexity index is 392. The smallest absolute Gasteiger partial charge is 0.335 e. The van der Waals surface area contributed by atoms with E-state index >= 15 is 0 Å². The van der Waals surface area contributed by atoms with Gasteiger partial charge in [-0.3, -0.25) is 10.1 Å². The number of carboxylic acids is 1. The standard InChI is InChI=1S/C8H7NO4S.C2H6/c1-14-7-4-5(8(10)11)2-3-6(7)9(12)13;1-2/h2-4H,1H3,(H,10,11);1-2H3. The van der Waals surface area contributed by atoms with E-state index in [1.54, 1.807) is 6.26 Å². The van der Waals surface area contributed by atoms with Gasteiger partial charge in [0.25, 0.3) is 5.69 Å². The number of carboxylic acid groups (broad SMARTS) is 1. The number of hydrogen-bond donors (Lipinski definition) is 1. The van der Waals surface area contributed by atoms with Gasteiger partial charge in [-0.15, -0.1) is 11.8 Å². The molecule has 0 heterocycles. The van der Waals surface area contributed by atoms with Gasteiger partial charge in [0, 0.05) is 6.07 Å². The maximum absolute atomic E-state index is 10.6. The molecule has 1 rings (SSSR count). The number of nitro groups is 1. The lowest BCUT2D eigenvalue weighted by molar-refractivity contribution is -0.387. The van der Waals surface area contributed by atoms with Gasteiger partial charge in [0.15, 0.2) is 0 Å². The number of aromatic carboxylic acids is 1. The van der Waals surface area contributed by atoms with Crippen molar-refractivity contribution in [1.82, 2.24) is 0 Å². The van der Waals surface area contributed by atoms with Crippen molar-refractivity contribution in [1.29, 1.82) is 0 Å². The fraction of sp³-hybridized carbons (Fsp3) is 0.300. The van der Waals surface area contributed by atoms with Gasteiger partial charge in [0.1, 0.15) is 0 Å². The minimum Gasteiger partial charge on any atom is -0.478 e. The molecule has 1 aromatic rings. The van der Waals surface area contributed by atoms with Gasteiger partial charge in [0.05, 0.1) is 15.4 Å². The van der Waals surface area contributed by atoms with Gasteiger partial charge < -0.3 is 5.11 Å². The average Bonchev–Trinajstić information content (AvgIpc) is 2.30. The highest BCUT2D eigenvalue weighted by Crippen LogP contribution is 2.28. The molecule has 6 heteroatoms. The van der Waals surface area contributed by atoms with Gasteiger partial charge >= 0.3 is 5.97 Å². The molecule has 0 unspecified atom stereocenters. The topological polar surface area (TPSA) is 80.4 Å². The zero-order valence-electron chi connectivity index (χ0n) is 9.26. The molecule has 0 aliphatic carbocycles. The Labute approximate surface area is 97.6 Å². The van der Waals surface area contributed by atoms with Crippen LogP contribution in [0.3, 0.4) is 0 Å². The minimum atomic E-state index is -1.09. The second-order valence-corrected chi connectivity index (χ2v) is 3.30. The normalized spacial score (nSPS) is 8.94. The molecule has 16 heavy (non-hydrogen) atoms. The molecule has 1 N–H and O–H groups in total. The van der Waals surface area contributed by atoms with Crippen molar-refractivity contribution >= 4 is 23.4 Å². The summed E-state index contributed by atoms with van der Waals surface area (Å²) in [6, 6.07) is 3.72. The molecule has 0 aliphatic heterocycles. The molecule has 5 nitrogen and oxygen atoms in total. The van der Waals surface area contributed by atoms with Crippen molar-refractivity contribution in [3.63, 3.8) is 0 Å². The van der Waals surface area contributed by atoms with E-state index in [1.165, 1.54) is 18.2 Å². The number of rotatable bonds is 3. The van der Waals surface area contributed by atoms with Crippen LogP contribution in [0.4, 0.5) is 5.69 Å². The second kappa shape index (κ2) is 6.84. The highest BCUT2D eigenvalue weighted by atomic mass is 32.2. The average molecular weight is 243 g/mol. The summed E-state index contributed by atoms with van der Waals surface area (Å²) in [7, 11) is 0. The number of nitrogens with zero attached hydrogens (tertiary/aromatic N) is 1. The zero-order chi connectivity index (χ0) is 12.7. The molecule has 0 bridgehead atoms. The summed E-state index contributed by atoms with van der Waals surface area (Å²) in [5, 5.41) is 19.2. The summed E-state index contributed by atoms with van der Waals surface area (Å²) in [6.45, 7) is 4.00. The third-order valence-electron chi connectivity index (χ3n) is 1.62. The molecule has 0 saturated heterocycles. The Morgan fingerprint density at radius 2 is 2.00 bits per heavy atom. The predicted octanol–water partition coefficient (Wildman–Crippen LogP) is 3.04. The minimum absolute atomic E-state index is 0.0555. The molecule has 0 fully saturated rings. The third-order valence-corrected chi connectivity index (χ3v) is 2.39. The van der Waals surface area contributed by atoms with E-state index in [4.69, 9.17) is 5.11 Å². The van der Waals surface area contributed by atoms with Crippen molar-refractivity contribution in [3.8, 4) is 0 Å². The lowest BCUT2D eigenvalue weighted by atomic mass is 10.2. The van der Waals surface area contributed by atoms with Gasteiger partial charge in [-0.2, -0.15) is 0 Å². The van der Waals surface area contributed by atoms with E-state index < -0.39 is 10.9 Å². The van der Waals surface area contributed by atoms with Gasteiger partial charge in [-0.25, -0.2) is 4.79 Å². The highest BCUT2D eigenvalue weighted by molar-refractivity contribution is 7.98. The Morgan fingerprint density at radius 3 is 2.38 bits per heavy atom. The molecule has 0 aliphatic rings. The van der Waals surface area contributed by atoms with Crippen LogP contribution in [0.25, 0.3) is 0 Å². The number of hydrogen-bond acceptors (Lipinski definition) is 4. The molecule has 0 aromatic heterocycles. The molecular formula is C10H13NO4S. The van der Waals surface area contributed by atoms with Crippen molar-refractivity contribution in [2.75, 3.05) is 6.26 Å². The van der Waals surface area contributed by atoms with Crippen molar-refractivity contribution in [2.45, 2.75) is 18.7 Å². The molecule has 0 spiro atoms. The molecule has 88 valence electrons. The first kappa shape index (κ1) is 14.4. The van der Waals surface area contributed by atoms with Crippen LogP contribution >= 0.6 is 11.8 Å². The summed E-state index contributed by atoms with van der Waals surface area (Å²) in [5.74, 6) is -1.09. The maximum Gasteiger partial charge on any atom is 0.335 e. The molecule has 0 saturated carbocycles. The quantitative estimate of drug-likeness (QED) is 0.501. The highest BCUT2D eigenvalue weighted by Gasteiger charge is 2.15. The molecular weight excluding hydrogens is 230 g/mol. The number of nitro benzene ring substituents is 1. The van der Waals surface area contributed by atoms with E-state index in [1.807, 2.05) is 13.8 Å². The Morgan fingerprint density at radius 1 is 1.44 bits per heavy atom. The van der Waals surface area contributed by atoms with Crippen LogP contribution in [0, 0.1) is 10.1 Å². The van der Waals surface area contributed by atoms with Gasteiger partial charge in [-0.05, 0) is 18.4 Å². The molecule has 1 aromatic carbocycles. The Balaban J connectivity index is 0.00000106. The number of thioether (sulfide) groups is 1. The lowest BCUT2D eigenvalue weighted by Crippen LogP contribution is -1.98. The molecule has 0 atom stereocenters. The molecule has 0 radical (unpaired) electrons. The third kappa shape index (κ3) is 3.54. The van der Waals surface area contributed by atoms with Crippen LogP contribution in [0.2, 0.25) is 0 Å². The molecule has 0 amide bonds. The predicted molar refractivity (Wildman–Crippen MR) is 63.2 cm³/mol. The number of benzene rings is 1. The van der Waals surface area contributed by atoms with Gasteiger partial charge in [-0.1, -0.05) is 13.8 Å². The van der Waals surface area contributed by atoms with E-state index in [2.05, 4.69) is 0 Å². The van der Waals surface area contributed by atoms with Crippen molar-refractivity contribution in [2.24, 2.45) is 0 Å². The number of carbonyl (C=O) groups is 1. The summed E-state index contributed by atoms with van der Waals surface area (Å²) in [4.78, 5) is 20.9. The van der Waals surface area contributed by atoms with E-state index in [0.717, 1.165) is 11.8 Å². The first-order valence-electron chi connectivity index (χ1n) is 4.62. The second-order valence-electron chi connectivity index (χ2n) is 2.45. The van der Waals surface area contributed by atoms with Crippen LogP contribution in [0.15, 0.2) is 23.1 Å². The maximum atomic E-state index is 10.6. The van der Waals surface area contributed by atoms with E-state index in [9.17, 15) is 14.9 Å². The lowest BCUT2D eigenvalue weighted by Gasteiger charge is -2.00. The SMILES string of the molecule is CC.CSc1cc(C(=O)O)ccc1[N+](=O)[O-]. The first-order valence-corrected chi connectivity index (χ1v) is 5.84. The Kier molecular flexibility index (Phi) is 6.17. The summed E-state index contributed by atoms with van der Waals surface area (Å²) in [5.41, 5.74) is -0.0116. The van der Waals surface area contributed by atoms with Crippen LogP contribution in [-0.4, -0.2) is 22.3 Å². The fourth-order valence-corrected chi connectivity index (χ4v) is 1.56. The zero-order valence-corrected chi connectivity index (χ0v) is 10.1. The summed E-state index contributed by atoms with van der Waals surface area (Å²) < 4.78 is 0. The van der Waals surface area contributed by atoms with Crippen LogP contribution < -0.4 is 0 Å². The van der Waals surface area contributed by atoms with Crippen LogP contribution in [0.1, 0.15) is 24.2 Å².